The minimum absolute atomic E-state index is 0.0158. The standard InChI is InChI=1S/C24H28N4O2S/c1-4-30-19-10-6-8-17(12-19)14-25-23(29)21-13-20(27-28-21)22-16(3)26-24(31-22)18-9-5-7-15(2)11-18/h5-12,20-21,27-28H,4,13-14H2,1-3H3,(H,25,29). The summed E-state index contributed by atoms with van der Waals surface area (Å²) in [5.74, 6) is 0.804. The maximum atomic E-state index is 12.7. The first kappa shape index (κ1) is 21.5. The second kappa shape index (κ2) is 9.60. The van der Waals surface area contributed by atoms with E-state index in [4.69, 9.17) is 9.72 Å². The average Bonchev–Trinajstić information content (AvgIpc) is 3.39. The first-order chi connectivity index (χ1) is 15.0. The number of nitrogens with one attached hydrogen (secondary N) is 3. The second-order valence-electron chi connectivity index (χ2n) is 7.77. The smallest absolute Gasteiger partial charge is 0.238 e. The normalized spacial score (nSPS) is 18.2. The van der Waals surface area contributed by atoms with Gasteiger partial charge in [-0.3, -0.25) is 4.79 Å². The van der Waals surface area contributed by atoms with Crippen molar-refractivity contribution in [2.45, 2.75) is 45.8 Å². The maximum absolute atomic E-state index is 12.7. The van der Waals surface area contributed by atoms with Gasteiger partial charge in [-0.2, -0.15) is 0 Å². The third-order valence-electron chi connectivity index (χ3n) is 5.31. The minimum Gasteiger partial charge on any atom is -0.494 e. The van der Waals surface area contributed by atoms with Crippen LogP contribution in [-0.2, 0) is 11.3 Å². The van der Waals surface area contributed by atoms with Crippen LogP contribution >= 0.6 is 11.3 Å². The van der Waals surface area contributed by atoms with Crippen LogP contribution in [0.3, 0.4) is 0 Å². The van der Waals surface area contributed by atoms with Gasteiger partial charge in [0.05, 0.1) is 18.3 Å². The van der Waals surface area contributed by atoms with E-state index in [1.54, 1.807) is 11.3 Å². The molecule has 1 saturated heterocycles. The Morgan fingerprint density at radius 1 is 1.19 bits per heavy atom. The highest BCUT2D eigenvalue weighted by molar-refractivity contribution is 7.15. The number of carbonyl (C=O) groups excluding carboxylic acids is 1. The van der Waals surface area contributed by atoms with Gasteiger partial charge in [0.1, 0.15) is 16.8 Å². The molecule has 2 aromatic carbocycles. The topological polar surface area (TPSA) is 75.3 Å². The van der Waals surface area contributed by atoms with Crippen LogP contribution in [0.1, 0.15) is 41.1 Å². The molecule has 31 heavy (non-hydrogen) atoms. The van der Waals surface area contributed by atoms with Crippen LogP contribution in [0.15, 0.2) is 48.5 Å². The number of aryl methyl sites for hydroxylation is 2. The number of nitrogens with zero attached hydrogens (tertiary/aromatic N) is 1. The Bertz CT molecular complexity index is 1070. The van der Waals surface area contributed by atoms with Crippen LogP contribution in [0.2, 0.25) is 0 Å². The summed E-state index contributed by atoms with van der Waals surface area (Å²) in [7, 11) is 0. The fraction of sp³-hybridized carbons (Fsp3) is 0.333. The number of thiazole rings is 1. The zero-order chi connectivity index (χ0) is 21.8. The van der Waals surface area contributed by atoms with Crippen molar-refractivity contribution in [1.82, 2.24) is 21.2 Å². The van der Waals surface area contributed by atoms with Crippen molar-refractivity contribution >= 4 is 17.2 Å². The Hall–Kier alpha value is -2.74. The Morgan fingerprint density at radius 2 is 2.03 bits per heavy atom. The highest BCUT2D eigenvalue weighted by atomic mass is 32.1. The van der Waals surface area contributed by atoms with Gasteiger partial charge in [0.15, 0.2) is 0 Å². The number of amides is 1. The van der Waals surface area contributed by atoms with Gasteiger partial charge < -0.3 is 10.1 Å². The van der Waals surface area contributed by atoms with E-state index in [9.17, 15) is 4.79 Å². The third kappa shape index (κ3) is 5.12. The van der Waals surface area contributed by atoms with Gasteiger partial charge in [-0.15, -0.1) is 11.3 Å². The zero-order valence-corrected chi connectivity index (χ0v) is 18.9. The molecule has 6 nitrogen and oxygen atoms in total. The summed E-state index contributed by atoms with van der Waals surface area (Å²) in [5, 5.41) is 4.04. The molecule has 162 valence electrons. The quantitative estimate of drug-likeness (QED) is 0.521. The molecule has 0 aliphatic carbocycles. The van der Waals surface area contributed by atoms with E-state index in [0.717, 1.165) is 27.6 Å². The van der Waals surface area contributed by atoms with Crippen molar-refractivity contribution in [3.05, 3.63) is 70.2 Å². The summed E-state index contributed by atoms with van der Waals surface area (Å²) in [4.78, 5) is 18.6. The van der Waals surface area contributed by atoms with E-state index in [0.29, 0.717) is 19.6 Å². The summed E-state index contributed by atoms with van der Waals surface area (Å²) < 4.78 is 5.53. The van der Waals surface area contributed by atoms with Crippen molar-refractivity contribution < 1.29 is 9.53 Å². The molecule has 2 atom stereocenters. The molecule has 2 heterocycles. The van der Waals surface area contributed by atoms with Gasteiger partial charge in [-0.1, -0.05) is 35.9 Å². The van der Waals surface area contributed by atoms with Gasteiger partial charge in [-0.25, -0.2) is 15.8 Å². The van der Waals surface area contributed by atoms with Crippen LogP contribution in [0, 0.1) is 13.8 Å². The van der Waals surface area contributed by atoms with Crippen molar-refractivity contribution in [3.63, 3.8) is 0 Å². The highest BCUT2D eigenvalue weighted by Gasteiger charge is 2.32. The Labute approximate surface area is 187 Å². The number of hydrazine groups is 1. The van der Waals surface area contributed by atoms with Gasteiger partial charge in [0.25, 0.3) is 0 Å². The van der Waals surface area contributed by atoms with Crippen LogP contribution in [0.25, 0.3) is 10.6 Å². The molecule has 1 fully saturated rings. The van der Waals surface area contributed by atoms with Crippen LogP contribution in [0.5, 0.6) is 5.75 Å². The van der Waals surface area contributed by atoms with Crippen molar-refractivity contribution in [3.8, 4) is 16.3 Å². The van der Waals surface area contributed by atoms with E-state index >= 15 is 0 Å². The summed E-state index contributed by atoms with van der Waals surface area (Å²) in [6, 6.07) is 16.0. The maximum Gasteiger partial charge on any atom is 0.238 e. The van der Waals surface area contributed by atoms with Gasteiger partial charge in [0, 0.05) is 17.0 Å². The first-order valence-electron chi connectivity index (χ1n) is 10.6. The van der Waals surface area contributed by atoms with Crippen molar-refractivity contribution in [2.75, 3.05) is 6.61 Å². The molecule has 0 spiro atoms. The molecule has 1 aliphatic rings. The highest BCUT2D eigenvalue weighted by Crippen LogP contribution is 2.35. The number of ether oxygens (including phenoxy) is 1. The summed E-state index contributed by atoms with van der Waals surface area (Å²) in [5.41, 5.74) is 10.8. The van der Waals surface area contributed by atoms with Crippen LogP contribution in [0.4, 0.5) is 0 Å². The molecule has 1 aliphatic heterocycles. The van der Waals surface area contributed by atoms with E-state index in [-0.39, 0.29) is 18.0 Å². The molecule has 0 bridgehead atoms. The second-order valence-corrected chi connectivity index (χ2v) is 8.80. The lowest BCUT2D eigenvalue weighted by Gasteiger charge is -2.11. The van der Waals surface area contributed by atoms with Gasteiger partial charge >= 0.3 is 0 Å². The Balaban J connectivity index is 1.37. The number of rotatable bonds is 7. The molecular weight excluding hydrogens is 408 g/mol. The largest absolute Gasteiger partial charge is 0.494 e. The van der Waals surface area contributed by atoms with Crippen LogP contribution < -0.4 is 20.9 Å². The number of hydrogen-bond donors (Lipinski definition) is 3. The molecule has 0 radical (unpaired) electrons. The molecule has 7 heteroatoms. The van der Waals surface area contributed by atoms with E-state index < -0.39 is 0 Å². The van der Waals surface area contributed by atoms with Gasteiger partial charge in [0.2, 0.25) is 5.91 Å². The fourth-order valence-corrected chi connectivity index (χ4v) is 4.88. The lowest BCUT2D eigenvalue weighted by Crippen LogP contribution is -2.42. The predicted octanol–water partition coefficient (Wildman–Crippen LogP) is 4.05. The lowest BCUT2D eigenvalue weighted by molar-refractivity contribution is -0.123. The molecule has 1 aromatic heterocycles. The molecule has 2 unspecified atom stereocenters. The Kier molecular flexibility index (Phi) is 6.65. The minimum atomic E-state index is -0.288. The number of carbonyl (C=O) groups is 1. The molecule has 3 aromatic rings. The SMILES string of the molecule is CCOc1cccc(CNC(=O)C2CC(c3sc(-c4cccc(C)c4)nc3C)NN2)c1. The van der Waals surface area contributed by atoms with Gasteiger partial charge in [-0.05, 0) is 51.0 Å². The van der Waals surface area contributed by atoms with Crippen LogP contribution in [-0.4, -0.2) is 23.5 Å². The number of hydrogen-bond acceptors (Lipinski definition) is 6. The summed E-state index contributed by atoms with van der Waals surface area (Å²) in [6.45, 7) is 7.17. The molecular formula is C24H28N4O2S. The number of aromatic nitrogens is 1. The molecule has 4 rings (SSSR count). The molecule has 3 N–H and O–H groups in total. The Morgan fingerprint density at radius 3 is 2.84 bits per heavy atom. The monoisotopic (exact) mass is 436 g/mol. The third-order valence-corrected chi connectivity index (χ3v) is 6.63. The average molecular weight is 437 g/mol. The molecule has 0 saturated carbocycles. The molecule has 1 amide bonds. The van der Waals surface area contributed by atoms with E-state index in [1.807, 2.05) is 38.1 Å². The van der Waals surface area contributed by atoms with Crippen molar-refractivity contribution in [1.29, 1.82) is 0 Å². The summed E-state index contributed by atoms with van der Waals surface area (Å²) >= 11 is 1.69. The first-order valence-corrected chi connectivity index (χ1v) is 11.4. The fourth-order valence-electron chi connectivity index (χ4n) is 3.76. The lowest BCUT2D eigenvalue weighted by atomic mass is 10.1. The predicted molar refractivity (Wildman–Crippen MR) is 124 cm³/mol. The summed E-state index contributed by atoms with van der Waals surface area (Å²) in [6.07, 6.45) is 0.682. The van der Waals surface area contributed by atoms with E-state index in [1.165, 1.54) is 10.4 Å². The van der Waals surface area contributed by atoms with E-state index in [2.05, 4.69) is 47.4 Å². The van der Waals surface area contributed by atoms with Crippen molar-refractivity contribution in [2.24, 2.45) is 0 Å². The zero-order valence-electron chi connectivity index (χ0n) is 18.1. The number of benzene rings is 2.